The fourth-order valence-corrected chi connectivity index (χ4v) is 2.58. The van der Waals surface area contributed by atoms with Crippen LogP contribution in [0.1, 0.15) is 23.3 Å². The lowest BCUT2D eigenvalue weighted by atomic mass is 10.1. The van der Waals surface area contributed by atoms with Crippen molar-refractivity contribution >= 4 is 5.69 Å². The van der Waals surface area contributed by atoms with Gasteiger partial charge in [0.15, 0.2) is 5.82 Å². The molecule has 1 atom stereocenters. The Balaban J connectivity index is 1.56. The highest BCUT2D eigenvalue weighted by Crippen LogP contribution is 2.20. The molecule has 0 spiro atoms. The molecular weight excluding hydrogens is 330 g/mol. The summed E-state index contributed by atoms with van der Waals surface area (Å²) in [7, 11) is 3.29. The molecule has 0 radical (unpaired) electrons. The lowest BCUT2D eigenvalue weighted by molar-refractivity contribution is 0.414. The maximum Gasteiger partial charge on any atom is 0.171 e. The molecule has 0 aliphatic rings. The number of rotatable bonds is 8. The maximum absolute atomic E-state index is 6.26. The summed E-state index contributed by atoms with van der Waals surface area (Å²) in [6, 6.07) is 15.0. The number of nitrogens with one attached hydrogen (secondary N) is 2. The number of ether oxygens (including phenoxy) is 2. The van der Waals surface area contributed by atoms with Gasteiger partial charge in [-0.05, 0) is 29.8 Å². The van der Waals surface area contributed by atoms with Gasteiger partial charge in [-0.3, -0.25) is 5.10 Å². The number of nitrogens with two attached hydrogens (primary N) is 1. The molecular formula is C19H23N5O2. The van der Waals surface area contributed by atoms with E-state index in [1.807, 2.05) is 48.5 Å². The third-order valence-electron chi connectivity index (χ3n) is 4.06. The molecule has 7 nitrogen and oxygen atoms in total. The van der Waals surface area contributed by atoms with E-state index < -0.39 is 0 Å². The summed E-state index contributed by atoms with van der Waals surface area (Å²) in [5.41, 5.74) is 8.19. The molecule has 2 aromatic carbocycles. The predicted molar refractivity (Wildman–Crippen MR) is 101 cm³/mol. The molecule has 3 aromatic rings. The minimum Gasteiger partial charge on any atom is -0.497 e. The quantitative estimate of drug-likeness (QED) is 0.576. The number of aromatic amines is 1. The lowest BCUT2D eigenvalue weighted by Crippen LogP contribution is -2.13. The van der Waals surface area contributed by atoms with Crippen LogP contribution in [-0.2, 0) is 6.42 Å². The summed E-state index contributed by atoms with van der Waals surface area (Å²) < 4.78 is 10.4. The van der Waals surface area contributed by atoms with Crippen LogP contribution in [0, 0.1) is 0 Å². The highest BCUT2D eigenvalue weighted by atomic mass is 16.5. The van der Waals surface area contributed by atoms with Gasteiger partial charge in [0.05, 0.1) is 20.3 Å². The molecule has 0 fully saturated rings. The number of hydrogen-bond acceptors (Lipinski definition) is 6. The van der Waals surface area contributed by atoms with Crippen molar-refractivity contribution in [1.82, 2.24) is 15.2 Å². The van der Waals surface area contributed by atoms with Crippen LogP contribution in [-0.4, -0.2) is 35.9 Å². The summed E-state index contributed by atoms with van der Waals surface area (Å²) in [5.74, 6) is 2.98. The van der Waals surface area contributed by atoms with Gasteiger partial charge in [-0.15, -0.1) is 0 Å². The molecule has 0 aliphatic heterocycles. The van der Waals surface area contributed by atoms with Crippen LogP contribution < -0.4 is 20.5 Å². The summed E-state index contributed by atoms with van der Waals surface area (Å²) in [6.45, 7) is 0.722. The second-order valence-electron chi connectivity index (χ2n) is 5.80. The van der Waals surface area contributed by atoms with Crippen LogP contribution >= 0.6 is 0 Å². The van der Waals surface area contributed by atoms with Gasteiger partial charge >= 0.3 is 0 Å². The van der Waals surface area contributed by atoms with Gasteiger partial charge in [-0.1, -0.05) is 18.2 Å². The molecule has 0 unspecified atom stereocenters. The molecule has 0 amide bonds. The van der Waals surface area contributed by atoms with Crippen LogP contribution in [0.2, 0.25) is 0 Å². The molecule has 1 aromatic heterocycles. The minimum atomic E-state index is -0.378. The van der Waals surface area contributed by atoms with E-state index in [2.05, 4.69) is 20.5 Å². The number of methoxy groups -OCH3 is 2. The van der Waals surface area contributed by atoms with Crippen molar-refractivity contribution in [3.05, 3.63) is 65.7 Å². The van der Waals surface area contributed by atoms with Crippen LogP contribution in [0.15, 0.2) is 48.5 Å². The molecule has 4 N–H and O–H groups in total. The van der Waals surface area contributed by atoms with Gasteiger partial charge in [0.2, 0.25) is 0 Å². The Morgan fingerprint density at radius 2 is 1.85 bits per heavy atom. The molecule has 0 saturated carbocycles. The van der Waals surface area contributed by atoms with Crippen LogP contribution in [0.3, 0.4) is 0 Å². The first-order valence-corrected chi connectivity index (χ1v) is 8.38. The average molecular weight is 353 g/mol. The molecule has 7 heteroatoms. The van der Waals surface area contributed by atoms with Crippen molar-refractivity contribution < 1.29 is 9.47 Å². The number of hydrogen-bond donors (Lipinski definition) is 3. The second-order valence-corrected chi connectivity index (χ2v) is 5.80. The van der Waals surface area contributed by atoms with Crippen molar-refractivity contribution in [2.75, 3.05) is 26.1 Å². The minimum absolute atomic E-state index is 0.378. The second kappa shape index (κ2) is 8.35. The zero-order valence-corrected chi connectivity index (χ0v) is 14.9. The molecule has 0 aliphatic carbocycles. The molecule has 26 heavy (non-hydrogen) atoms. The first kappa shape index (κ1) is 17.8. The zero-order valence-electron chi connectivity index (χ0n) is 14.9. The monoisotopic (exact) mass is 353 g/mol. The van der Waals surface area contributed by atoms with Crippen LogP contribution in [0.25, 0.3) is 0 Å². The SMILES string of the molecule is COc1ccc([C@@H](N)c2n[nH]c(CCNc3cccc(OC)c3)n2)cc1. The third-order valence-corrected chi connectivity index (χ3v) is 4.06. The van der Waals surface area contributed by atoms with Crippen molar-refractivity contribution in [3.63, 3.8) is 0 Å². The number of anilines is 1. The highest BCUT2D eigenvalue weighted by Gasteiger charge is 2.14. The van der Waals surface area contributed by atoms with Gasteiger partial charge < -0.3 is 20.5 Å². The van der Waals surface area contributed by atoms with E-state index in [0.717, 1.165) is 35.1 Å². The number of nitrogens with zero attached hydrogens (tertiary/aromatic N) is 2. The summed E-state index contributed by atoms with van der Waals surface area (Å²) >= 11 is 0. The van der Waals surface area contributed by atoms with Crippen molar-refractivity contribution in [3.8, 4) is 11.5 Å². The number of aromatic nitrogens is 3. The summed E-state index contributed by atoms with van der Waals surface area (Å²) in [4.78, 5) is 4.51. The van der Waals surface area contributed by atoms with Crippen LogP contribution in [0.5, 0.6) is 11.5 Å². The van der Waals surface area contributed by atoms with E-state index in [-0.39, 0.29) is 6.04 Å². The highest BCUT2D eigenvalue weighted by molar-refractivity contribution is 5.48. The largest absolute Gasteiger partial charge is 0.497 e. The Labute approximate surface area is 152 Å². The Morgan fingerprint density at radius 3 is 2.58 bits per heavy atom. The number of H-pyrrole nitrogens is 1. The Kier molecular flexibility index (Phi) is 5.70. The first-order valence-electron chi connectivity index (χ1n) is 8.38. The first-order chi connectivity index (χ1) is 12.7. The topological polar surface area (TPSA) is 98.1 Å². The molecule has 0 saturated heterocycles. The third kappa shape index (κ3) is 4.31. The van der Waals surface area contributed by atoms with E-state index in [4.69, 9.17) is 15.2 Å². The summed E-state index contributed by atoms with van der Waals surface area (Å²) in [6.07, 6.45) is 0.708. The fraction of sp³-hybridized carbons (Fsp3) is 0.263. The zero-order chi connectivity index (χ0) is 18.4. The average Bonchev–Trinajstić information content (AvgIpc) is 3.16. The van der Waals surface area contributed by atoms with Gasteiger partial charge in [0.1, 0.15) is 17.3 Å². The molecule has 1 heterocycles. The standard InChI is InChI=1S/C19H23N5O2/c1-25-15-8-6-13(7-9-15)18(20)19-22-17(23-24-19)10-11-21-14-4-3-5-16(12-14)26-2/h3-9,12,18,21H,10-11,20H2,1-2H3,(H,22,23,24)/t18-/m1/s1. The Morgan fingerprint density at radius 1 is 1.08 bits per heavy atom. The van der Waals surface area contributed by atoms with Crippen molar-refractivity contribution in [2.24, 2.45) is 5.73 Å². The van der Waals surface area contributed by atoms with E-state index in [1.165, 1.54) is 0 Å². The van der Waals surface area contributed by atoms with E-state index in [9.17, 15) is 0 Å². The summed E-state index contributed by atoms with van der Waals surface area (Å²) in [5, 5.41) is 10.5. The Hall–Kier alpha value is -3.06. The van der Waals surface area contributed by atoms with Gasteiger partial charge in [0.25, 0.3) is 0 Å². The van der Waals surface area contributed by atoms with Gasteiger partial charge in [-0.25, -0.2) is 4.98 Å². The normalized spacial score (nSPS) is 11.8. The van der Waals surface area contributed by atoms with Gasteiger partial charge in [0, 0.05) is 24.7 Å². The number of benzene rings is 2. The van der Waals surface area contributed by atoms with Crippen molar-refractivity contribution in [2.45, 2.75) is 12.5 Å². The fourth-order valence-electron chi connectivity index (χ4n) is 2.58. The van der Waals surface area contributed by atoms with Crippen LogP contribution in [0.4, 0.5) is 5.69 Å². The smallest absolute Gasteiger partial charge is 0.171 e. The Bertz CT molecular complexity index is 832. The van der Waals surface area contributed by atoms with Gasteiger partial charge in [-0.2, -0.15) is 5.10 Å². The molecule has 0 bridgehead atoms. The maximum atomic E-state index is 6.26. The molecule has 136 valence electrons. The molecule has 3 rings (SSSR count). The van der Waals surface area contributed by atoms with E-state index >= 15 is 0 Å². The van der Waals surface area contributed by atoms with Crippen molar-refractivity contribution in [1.29, 1.82) is 0 Å². The van der Waals surface area contributed by atoms with E-state index in [1.54, 1.807) is 14.2 Å². The lowest BCUT2D eigenvalue weighted by Gasteiger charge is -2.08. The van der Waals surface area contributed by atoms with E-state index in [0.29, 0.717) is 12.2 Å². The predicted octanol–water partition coefficient (Wildman–Crippen LogP) is 2.52.